The Labute approximate surface area is 214 Å². The molecule has 2 aromatic carbocycles. The summed E-state index contributed by atoms with van der Waals surface area (Å²) in [5.41, 5.74) is -0.729. The molecule has 0 amide bonds. The van der Waals surface area contributed by atoms with Crippen molar-refractivity contribution in [1.82, 2.24) is 0 Å². The number of hydrogen-bond acceptors (Lipinski definition) is 9. The fourth-order valence-corrected chi connectivity index (χ4v) is 4.49. The second kappa shape index (κ2) is 12.4. The summed E-state index contributed by atoms with van der Waals surface area (Å²) < 4.78 is 89.3. The second-order valence-electron chi connectivity index (χ2n) is 5.11. The zero-order valence-electron chi connectivity index (χ0n) is 15.1. The molecule has 0 saturated carbocycles. The fraction of sp³-hybridized carbons (Fsp3) is 0.143. The van der Waals surface area contributed by atoms with E-state index in [1.54, 1.807) is 0 Å². The Morgan fingerprint density at radius 2 is 1.38 bits per heavy atom. The Balaban J connectivity index is 0.00000392. The first-order valence-electron chi connectivity index (χ1n) is 6.88. The quantitative estimate of drug-likeness (QED) is 0.0686. The van der Waals surface area contributed by atoms with E-state index in [4.69, 9.17) is 0 Å². The smallest absolute Gasteiger partial charge is 0.748 e. The molecule has 0 fully saturated rings. The summed E-state index contributed by atoms with van der Waals surface area (Å²) in [4.78, 5) is -0.850. The largest absolute Gasteiger partial charge is 1.00 e. The van der Waals surface area contributed by atoms with E-state index in [9.17, 15) is 35.4 Å². The van der Waals surface area contributed by atoms with Crippen LogP contribution in [0, 0.1) is 11.6 Å². The summed E-state index contributed by atoms with van der Waals surface area (Å²) in [6, 6.07) is 5.13. The number of rotatable bonds is 8. The summed E-state index contributed by atoms with van der Waals surface area (Å²) in [5, 5.41) is 12.8. The van der Waals surface area contributed by atoms with Crippen molar-refractivity contribution in [3.63, 3.8) is 0 Å². The van der Waals surface area contributed by atoms with Crippen molar-refractivity contribution in [2.75, 3.05) is 0 Å². The maximum atomic E-state index is 13.8. The van der Waals surface area contributed by atoms with Gasteiger partial charge in [-0.05, 0) is 36.4 Å². The van der Waals surface area contributed by atoms with Crippen molar-refractivity contribution in [1.29, 1.82) is 0 Å². The Bertz CT molecular complexity index is 1050. The Morgan fingerprint density at radius 1 is 0.897 bits per heavy atom. The first kappa shape index (κ1) is 29.4. The summed E-state index contributed by atoms with van der Waals surface area (Å²) >= 11 is 0.426. The van der Waals surface area contributed by atoms with E-state index in [0.717, 1.165) is 30.3 Å². The van der Waals surface area contributed by atoms with Crippen LogP contribution in [0.1, 0.15) is 11.1 Å². The molecule has 0 bridgehead atoms. The SMILES string of the molecule is O=S(=O)([O-])Cc1cc(S(=O)(=O)c2ccc(F)c(CSOO[O-])c2)ccc1F.[Na+].[Na+]. The van der Waals surface area contributed by atoms with Crippen LogP contribution < -0.4 is 64.4 Å². The van der Waals surface area contributed by atoms with Gasteiger partial charge in [0.1, 0.15) is 11.6 Å². The molecular weight excluding hydrogens is 476 g/mol. The van der Waals surface area contributed by atoms with Crippen LogP contribution in [-0.2, 0) is 40.8 Å². The van der Waals surface area contributed by atoms with Gasteiger partial charge in [0.25, 0.3) is 0 Å². The van der Waals surface area contributed by atoms with Crippen LogP contribution in [0.2, 0.25) is 0 Å². The van der Waals surface area contributed by atoms with Gasteiger partial charge in [0.05, 0.1) is 31.4 Å². The Kier molecular flexibility index (Phi) is 12.6. The summed E-state index contributed by atoms with van der Waals surface area (Å²) in [5.74, 6) is -3.30. The molecule has 0 atom stereocenters. The van der Waals surface area contributed by atoms with E-state index in [-0.39, 0.29) is 75.3 Å². The van der Waals surface area contributed by atoms with Gasteiger partial charge in [-0.25, -0.2) is 25.6 Å². The molecule has 0 spiro atoms. The molecule has 0 aliphatic rings. The first-order valence-corrected chi connectivity index (χ1v) is 10.9. The average molecular weight is 486 g/mol. The van der Waals surface area contributed by atoms with Crippen molar-refractivity contribution < 1.29 is 104 Å². The third kappa shape index (κ3) is 8.44. The number of benzene rings is 2. The maximum absolute atomic E-state index is 13.8. The third-order valence-electron chi connectivity index (χ3n) is 3.28. The molecule has 0 aliphatic heterocycles. The first-order chi connectivity index (χ1) is 12.5. The van der Waals surface area contributed by atoms with Crippen LogP contribution in [0.4, 0.5) is 8.78 Å². The van der Waals surface area contributed by atoms with Crippen molar-refractivity contribution >= 4 is 32.0 Å². The van der Waals surface area contributed by atoms with Gasteiger partial charge < -0.3 is 9.81 Å². The van der Waals surface area contributed by atoms with Gasteiger partial charge >= 0.3 is 59.1 Å². The molecule has 29 heavy (non-hydrogen) atoms. The van der Waals surface area contributed by atoms with E-state index < -0.39 is 47.8 Å². The zero-order valence-corrected chi connectivity index (χ0v) is 21.6. The minimum atomic E-state index is -4.84. The van der Waals surface area contributed by atoms with E-state index in [2.05, 4.69) is 9.37 Å². The molecule has 2 rings (SSSR count). The molecule has 2 aromatic rings. The number of hydrogen-bond donors (Lipinski definition) is 0. The van der Waals surface area contributed by atoms with Crippen LogP contribution in [0.5, 0.6) is 0 Å². The average Bonchev–Trinajstić information content (AvgIpc) is 2.57. The zero-order chi connectivity index (χ0) is 20.2. The van der Waals surface area contributed by atoms with Gasteiger partial charge in [-0.2, -0.15) is 4.33 Å². The van der Waals surface area contributed by atoms with Gasteiger partial charge in [-0.3, -0.25) is 5.04 Å². The molecule has 0 radical (unpaired) electrons. The van der Waals surface area contributed by atoms with Gasteiger partial charge in [0, 0.05) is 23.2 Å². The van der Waals surface area contributed by atoms with Gasteiger partial charge in [0.2, 0.25) is 9.84 Å². The van der Waals surface area contributed by atoms with Crippen molar-refractivity contribution in [3.8, 4) is 0 Å². The van der Waals surface area contributed by atoms with Crippen LogP contribution in [-0.4, -0.2) is 21.4 Å². The van der Waals surface area contributed by atoms with Crippen molar-refractivity contribution in [2.45, 2.75) is 21.3 Å². The van der Waals surface area contributed by atoms with Crippen LogP contribution >= 0.6 is 12.0 Å². The molecule has 0 N–H and O–H groups in total. The van der Waals surface area contributed by atoms with Crippen LogP contribution in [0.15, 0.2) is 46.2 Å². The maximum Gasteiger partial charge on any atom is 1.00 e. The topological polar surface area (TPSA) is 133 Å². The van der Waals surface area contributed by atoms with Gasteiger partial charge in [-0.1, -0.05) is 0 Å². The van der Waals surface area contributed by atoms with Gasteiger partial charge in [-0.15, -0.1) is 0 Å². The standard InChI is InChI=1S/C14H12F2O8S3.2Na/c15-13-3-1-11(5-9(13)7-25-24-23-17)27(21,22)12-2-4-14(16)10(6-12)8-26(18,19)20;;/h1-6,17H,7-8H2,(H,18,19,20);;/q;2*+1/p-2. The minimum Gasteiger partial charge on any atom is -0.748 e. The normalized spacial score (nSPS) is 11.4. The molecule has 8 nitrogen and oxygen atoms in total. The Morgan fingerprint density at radius 3 is 1.86 bits per heavy atom. The predicted molar refractivity (Wildman–Crippen MR) is 85.1 cm³/mol. The molecule has 0 heterocycles. The molecule has 0 unspecified atom stereocenters. The fourth-order valence-electron chi connectivity index (χ4n) is 2.09. The van der Waals surface area contributed by atoms with E-state index >= 15 is 0 Å². The molecule has 15 heteroatoms. The summed E-state index contributed by atoms with van der Waals surface area (Å²) in [7, 11) is -9.12. The minimum absolute atomic E-state index is 0. The number of sulfone groups is 1. The molecule has 148 valence electrons. The summed E-state index contributed by atoms with van der Waals surface area (Å²) in [6.07, 6.45) is 0. The second-order valence-corrected chi connectivity index (χ2v) is 9.12. The van der Waals surface area contributed by atoms with Crippen molar-refractivity contribution in [3.05, 3.63) is 59.2 Å². The molecule has 0 aliphatic carbocycles. The van der Waals surface area contributed by atoms with E-state index in [1.165, 1.54) is 0 Å². The Hall–Kier alpha value is 0.390. The van der Waals surface area contributed by atoms with Crippen molar-refractivity contribution in [2.24, 2.45) is 0 Å². The van der Waals surface area contributed by atoms with E-state index in [0.29, 0.717) is 18.1 Å². The van der Waals surface area contributed by atoms with E-state index in [1.807, 2.05) is 0 Å². The molecular formula is C14H10F2Na2O8S3. The monoisotopic (exact) mass is 486 g/mol. The molecule has 0 saturated heterocycles. The number of halogens is 2. The summed E-state index contributed by atoms with van der Waals surface area (Å²) in [6.45, 7) is 0. The molecule has 0 aromatic heterocycles. The van der Waals surface area contributed by atoms with Gasteiger partial charge in [0.15, 0.2) is 0 Å². The van der Waals surface area contributed by atoms with Crippen LogP contribution in [0.3, 0.4) is 0 Å². The third-order valence-corrected chi connectivity index (χ3v) is 6.27. The van der Waals surface area contributed by atoms with Crippen LogP contribution in [0.25, 0.3) is 0 Å². The predicted octanol–water partition coefficient (Wildman–Crippen LogP) is -4.78.